The van der Waals surface area contributed by atoms with Gasteiger partial charge in [-0.1, -0.05) is 13.8 Å². The van der Waals surface area contributed by atoms with Crippen LogP contribution in [0.2, 0.25) is 0 Å². The first-order valence-electron chi connectivity index (χ1n) is 7.46. The molecule has 0 amide bonds. The smallest absolute Gasteiger partial charge is 0.326 e. The minimum Gasteiger partial charge on any atom is -0.497 e. The van der Waals surface area contributed by atoms with Crippen LogP contribution in [0.1, 0.15) is 20.3 Å². The molecule has 0 bridgehead atoms. The van der Waals surface area contributed by atoms with Gasteiger partial charge >= 0.3 is 5.97 Å². The van der Waals surface area contributed by atoms with Crippen molar-refractivity contribution in [2.45, 2.75) is 26.3 Å². The molecule has 0 fully saturated rings. The molecule has 1 aromatic carbocycles. The zero-order valence-electron chi connectivity index (χ0n) is 13.5. The molecule has 1 aromatic heterocycles. The third-order valence-electron chi connectivity index (χ3n) is 3.35. The fourth-order valence-corrected chi connectivity index (χ4v) is 2.20. The van der Waals surface area contributed by atoms with E-state index in [0.29, 0.717) is 12.4 Å². The summed E-state index contributed by atoms with van der Waals surface area (Å²) in [5, 5.41) is 12.2. The van der Waals surface area contributed by atoms with Crippen LogP contribution in [0.4, 0.5) is 5.95 Å². The van der Waals surface area contributed by atoms with E-state index in [1.54, 1.807) is 19.4 Å². The number of carbonyl (C=O) groups is 1. The van der Waals surface area contributed by atoms with Crippen molar-refractivity contribution in [2.75, 3.05) is 12.4 Å². The van der Waals surface area contributed by atoms with Crippen molar-refractivity contribution in [3.63, 3.8) is 0 Å². The Labute approximate surface area is 135 Å². The number of aliphatic carboxylic acids is 1. The van der Waals surface area contributed by atoms with Crippen molar-refractivity contribution in [2.24, 2.45) is 5.92 Å². The minimum atomic E-state index is -0.905. The molecular formula is C17H21N3O3. The summed E-state index contributed by atoms with van der Waals surface area (Å²) in [4.78, 5) is 19.9. The van der Waals surface area contributed by atoms with Crippen molar-refractivity contribution >= 4 is 11.9 Å². The van der Waals surface area contributed by atoms with Crippen LogP contribution >= 0.6 is 0 Å². The number of anilines is 1. The van der Waals surface area contributed by atoms with Gasteiger partial charge in [0.1, 0.15) is 11.8 Å². The van der Waals surface area contributed by atoms with Gasteiger partial charge in [0.2, 0.25) is 5.95 Å². The number of carboxylic acid groups (broad SMARTS) is 1. The van der Waals surface area contributed by atoms with Crippen LogP contribution in [-0.4, -0.2) is 34.2 Å². The molecule has 6 nitrogen and oxygen atoms in total. The fourth-order valence-electron chi connectivity index (χ4n) is 2.20. The first-order chi connectivity index (χ1) is 11.0. The quantitative estimate of drug-likeness (QED) is 0.817. The second-order valence-electron chi connectivity index (χ2n) is 5.66. The molecule has 2 aromatic rings. The Morgan fingerprint density at radius 1 is 1.26 bits per heavy atom. The zero-order valence-corrected chi connectivity index (χ0v) is 13.5. The van der Waals surface area contributed by atoms with Crippen LogP contribution in [0.3, 0.4) is 0 Å². The number of rotatable bonds is 7. The highest BCUT2D eigenvalue weighted by atomic mass is 16.5. The number of hydrogen-bond acceptors (Lipinski definition) is 5. The van der Waals surface area contributed by atoms with Gasteiger partial charge in [0.25, 0.3) is 0 Å². The second-order valence-corrected chi connectivity index (χ2v) is 5.66. The highest BCUT2D eigenvalue weighted by Gasteiger charge is 2.19. The van der Waals surface area contributed by atoms with Crippen molar-refractivity contribution < 1.29 is 14.6 Å². The lowest BCUT2D eigenvalue weighted by Gasteiger charge is -2.16. The molecule has 0 saturated carbocycles. The van der Waals surface area contributed by atoms with Gasteiger partial charge < -0.3 is 15.2 Å². The number of ether oxygens (including phenoxy) is 1. The van der Waals surface area contributed by atoms with Crippen molar-refractivity contribution in [3.8, 4) is 17.0 Å². The van der Waals surface area contributed by atoms with E-state index in [1.807, 2.05) is 38.1 Å². The molecule has 0 unspecified atom stereocenters. The van der Waals surface area contributed by atoms with E-state index in [0.717, 1.165) is 17.0 Å². The average Bonchev–Trinajstić information content (AvgIpc) is 2.54. The lowest BCUT2D eigenvalue weighted by molar-refractivity contribution is -0.138. The third kappa shape index (κ3) is 4.67. The lowest BCUT2D eigenvalue weighted by atomic mass is 10.0. The molecule has 0 radical (unpaired) electrons. The van der Waals surface area contributed by atoms with Gasteiger partial charge in [0.05, 0.1) is 12.8 Å². The number of benzene rings is 1. The van der Waals surface area contributed by atoms with Crippen molar-refractivity contribution in [3.05, 3.63) is 36.5 Å². The summed E-state index contributed by atoms with van der Waals surface area (Å²) >= 11 is 0. The SMILES string of the molecule is COc1ccc(-c2ccnc(N[C@H](CC(C)C)C(=O)O)n2)cc1. The number of methoxy groups -OCH3 is 1. The largest absolute Gasteiger partial charge is 0.497 e. The zero-order chi connectivity index (χ0) is 16.8. The maximum absolute atomic E-state index is 11.3. The molecular weight excluding hydrogens is 294 g/mol. The van der Waals surface area contributed by atoms with Gasteiger partial charge in [0, 0.05) is 11.8 Å². The number of nitrogens with one attached hydrogen (secondary N) is 1. The Bertz CT molecular complexity index is 656. The van der Waals surface area contributed by atoms with Gasteiger partial charge in [-0.3, -0.25) is 0 Å². The van der Waals surface area contributed by atoms with E-state index in [-0.39, 0.29) is 5.92 Å². The highest BCUT2D eigenvalue weighted by Crippen LogP contribution is 2.21. The Hall–Kier alpha value is -2.63. The van der Waals surface area contributed by atoms with E-state index >= 15 is 0 Å². The standard InChI is InChI=1S/C17H21N3O3/c1-11(2)10-15(16(21)22)20-17-18-9-8-14(19-17)12-4-6-13(23-3)7-5-12/h4-9,11,15H,10H2,1-3H3,(H,21,22)(H,18,19,20)/t15-/m1/s1. The van der Waals surface area contributed by atoms with E-state index < -0.39 is 12.0 Å². The summed E-state index contributed by atoms with van der Waals surface area (Å²) in [6, 6.07) is 8.57. The summed E-state index contributed by atoms with van der Waals surface area (Å²) in [7, 11) is 1.61. The van der Waals surface area contributed by atoms with Crippen LogP contribution in [-0.2, 0) is 4.79 Å². The van der Waals surface area contributed by atoms with Gasteiger partial charge in [-0.25, -0.2) is 14.8 Å². The first kappa shape index (κ1) is 16.7. The predicted molar refractivity (Wildman–Crippen MR) is 88.5 cm³/mol. The third-order valence-corrected chi connectivity index (χ3v) is 3.35. The topological polar surface area (TPSA) is 84.3 Å². The normalized spacial score (nSPS) is 12.0. The van der Waals surface area contributed by atoms with E-state index in [1.165, 1.54) is 0 Å². The summed E-state index contributed by atoms with van der Waals surface area (Å²) in [5.41, 5.74) is 1.63. The summed E-state index contributed by atoms with van der Waals surface area (Å²) in [6.45, 7) is 3.96. The molecule has 2 N–H and O–H groups in total. The van der Waals surface area contributed by atoms with Crippen LogP contribution in [0.25, 0.3) is 11.3 Å². The minimum absolute atomic E-state index is 0.258. The highest BCUT2D eigenvalue weighted by molar-refractivity contribution is 5.76. The van der Waals surface area contributed by atoms with Gasteiger partial charge in [-0.15, -0.1) is 0 Å². The molecule has 2 rings (SSSR count). The van der Waals surface area contributed by atoms with Crippen LogP contribution in [0.5, 0.6) is 5.75 Å². The second kappa shape index (κ2) is 7.58. The Morgan fingerprint density at radius 2 is 1.96 bits per heavy atom. The van der Waals surface area contributed by atoms with Crippen molar-refractivity contribution in [1.29, 1.82) is 0 Å². The molecule has 0 aliphatic rings. The first-order valence-corrected chi connectivity index (χ1v) is 7.46. The summed E-state index contributed by atoms with van der Waals surface area (Å²) in [5.74, 6) is 0.431. The van der Waals surface area contributed by atoms with Crippen LogP contribution in [0.15, 0.2) is 36.5 Å². The molecule has 1 atom stereocenters. The average molecular weight is 315 g/mol. The van der Waals surface area contributed by atoms with Crippen LogP contribution in [0, 0.1) is 5.92 Å². The van der Waals surface area contributed by atoms with Gasteiger partial charge in [0.15, 0.2) is 0 Å². The fraction of sp³-hybridized carbons (Fsp3) is 0.353. The van der Waals surface area contributed by atoms with E-state index in [4.69, 9.17) is 4.74 Å². The molecule has 0 spiro atoms. The van der Waals surface area contributed by atoms with Crippen LogP contribution < -0.4 is 10.1 Å². The number of aromatic nitrogens is 2. The molecule has 0 aliphatic heterocycles. The number of carboxylic acids is 1. The maximum atomic E-state index is 11.3. The van der Waals surface area contributed by atoms with Gasteiger partial charge in [-0.05, 0) is 42.7 Å². The summed E-state index contributed by atoms with van der Waals surface area (Å²) < 4.78 is 5.13. The number of hydrogen-bond donors (Lipinski definition) is 2. The maximum Gasteiger partial charge on any atom is 0.326 e. The lowest BCUT2D eigenvalue weighted by Crippen LogP contribution is -2.31. The monoisotopic (exact) mass is 315 g/mol. The molecule has 6 heteroatoms. The van der Waals surface area contributed by atoms with E-state index in [2.05, 4.69) is 15.3 Å². The summed E-state index contributed by atoms with van der Waals surface area (Å²) in [6.07, 6.45) is 2.12. The molecule has 122 valence electrons. The Morgan fingerprint density at radius 3 is 2.52 bits per heavy atom. The molecule has 0 saturated heterocycles. The predicted octanol–water partition coefficient (Wildman–Crippen LogP) is 3.06. The molecule has 23 heavy (non-hydrogen) atoms. The molecule has 0 aliphatic carbocycles. The molecule has 1 heterocycles. The van der Waals surface area contributed by atoms with Crippen molar-refractivity contribution in [1.82, 2.24) is 9.97 Å². The Balaban J connectivity index is 2.19. The number of nitrogens with zero attached hydrogens (tertiary/aromatic N) is 2. The Kier molecular flexibility index (Phi) is 5.51. The van der Waals surface area contributed by atoms with E-state index in [9.17, 15) is 9.90 Å². The van der Waals surface area contributed by atoms with Gasteiger partial charge in [-0.2, -0.15) is 0 Å².